The molecule has 0 spiro atoms. The molecule has 0 saturated heterocycles. The van der Waals surface area contributed by atoms with Gasteiger partial charge in [-0.1, -0.05) is 12.1 Å². The number of nitrogens with one attached hydrogen (secondary N) is 1. The van der Waals surface area contributed by atoms with Crippen LogP contribution in [0.5, 0.6) is 0 Å². The Labute approximate surface area is 133 Å². The SMILES string of the molecule is O=C(O)c1ccc(CNC(=O)[C@@H]2[C@H]3CC[C@@H](C3)[C@@H]2C(=O)O)cc1. The van der Waals surface area contributed by atoms with Crippen molar-refractivity contribution in [2.45, 2.75) is 25.8 Å². The van der Waals surface area contributed by atoms with Gasteiger partial charge in [0.05, 0.1) is 17.4 Å². The van der Waals surface area contributed by atoms with Crippen molar-refractivity contribution in [2.24, 2.45) is 23.7 Å². The lowest BCUT2D eigenvalue weighted by atomic mass is 9.78. The number of carbonyl (C=O) groups excluding carboxylic acids is 1. The molecule has 2 saturated carbocycles. The van der Waals surface area contributed by atoms with Gasteiger partial charge in [0.25, 0.3) is 0 Å². The van der Waals surface area contributed by atoms with E-state index in [0.717, 1.165) is 24.8 Å². The van der Waals surface area contributed by atoms with Gasteiger partial charge in [0.1, 0.15) is 0 Å². The standard InChI is InChI=1S/C17H19NO5/c19-15(13-11-5-6-12(7-11)14(13)17(22)23)18-8-9-1-3-10(4-2-9)16(20)21/h1-4,11-14H,5-8H2,(H,18,19)(H,20,21)(H,22,23)/t11-,12-,13+,14-/m0/s1. The van der Waals surface area contributed by atoms with Crippen molar-refractivity contribution in [1.29, 1.82) is 0 Å². The summed E-state index contributed by atoms with van der Waals surface area (Å²) >= 11 is 0. The van der Waals surface area contributed by atoms with Gasteiger partial charge in [0.15, 0.2) is 0 Å². The largest absolute Gasteiger partial charge is 0.481 e. The van der Waals surface area contributed by atoms with Gasteiger partial charge in [-0.2, -0.15) is 0 Å². The Bertz CT molecular complexity index is 639. The van der Waals surface area contributed by atoms with E-state index in [1.165, 1.54) is 12.1 Å². The van der Waals surface area contributed by atoms with Crippen LogP contribution in [0.2, 0.25) is 0 Å². The molecule has 3 rings (SSSR count). The van der Waals surface area contributed by atoms with Crippen molar-refractivity contribution < 1.29 is 24.6 Å². The lowest BCUT2D eigenvalue weighted by Crippen LogP contribution is -2.41. The Morgan fingerprint density at radius 3 is 2.17 bits per heavy atom. The lowest BCUT2D eigenvalue weighted by Gasteiger charge is -2.27. The van der Waals surface area contributed by atoms with E-state index in [1.807, 2.05) is 0 Å². The van der Waals surface area contributed by atoms with Crippen molar-refractivity contribution in [3.63, 3.8) is 0 Å². The molecule has 122 valence electrons. The molecule has 1 amide bonds. The fourth-order valence-electron chi connectivity index (χ4n) is 4.10. The molecule has 3 N–H and O–H groups in total. The first-order valence-corrected chi connectivity index (χ1v) is 7.80. The number of hydrogen-bond acceptors (Lipinski definition) is 3. The number of carboxylic acids is 2. The van der Waals surface area contributed by atoms with Crippen LogP contribution in [-0.2, 0) is 16.1 Å². The van der Waals surface area contributed by atoms with Crippen molar-refractivity contribution in [3.05, 3.63) is 35.4 Å². The van der Waals surface area contributed by atoms with Gasteiger partial charge in [0, 0.05) is 6.54 Å². The molecule has 6 nitrogen and oxygen atoms in total. The fourth-order valence-corrected chi connectivity index (χ4v) is 4.10. The molecule has 0 unspecified atom stereocenters. The number of benzene rings is 1. The van der Waals surface area contributed by atoms with Crippen molar-refractivity contribution in [2.75, 3.05) is 0 Å². The molecule has 2 aliphatic rings. The van der Waals surface area contributed by atoms with Crippen LogP contribution in [-0.4, -0.2) is 28.1 Å². The molecule has 1 aromatic carbocycles. The molecular formula is C17H19NO5. The molecule has 23 heavy (non-hydrogen) atoms. The molecule has 0 aliphatic heterocycles. The number of aromatic carboxylic acids is 1. The average molecular weight is 317 g/mol. The number of carbonyl (C=O) groups is 3. The second kappa shape index (κ2) is 6.02. The summed E-state index contributed by atoms with van der Waals surface area (Å²) in [7, 11) is 0. The summed E-state index contributed by atoms with van der Waals surface area (Å²) in [5.41, 5.74) is 0.984. The molecule has 6 heteroatoms. The maximum Gasteiger partial charge on any atom is 0.335 e. The van der Waals surface area contributed by atoms with Crippen molar-refractivity contribution in [3.8, 4) is 0 Å². The highest BCUT2D eigenvalue weighted by atomic mass is 16.4. The molecule has 0 aromatic heterocycles. The van der Waals surface area contributed by atoms with Crippen LogP contribution in [0.25, 0.3) is 0 Å². The third kappa shape index (κ3) is 2.93. The Morgan fingerprint density at radius 1 is 1.00 bits per heavy atom. The van der Waals surface area contributed by atoms with Crippen LogP contribution < -0.4 is 5.32 Å². The zero-order chi connectivity index (χ0) is 16.6. The van der Waals surface area contributed by atoms with E-state index in [2.05, 4.69) is 5.32 Å². The van der Waals surface area contributed by atoms with E-state index < -0.39 is 23.8 Å². The summed E-state index contributed by atoms with van der Waals surface area (Å²) in [4.78, 5) is 34.7. The lowest BCUT2D eigenvalue weighted by molar-refractivity contribution is -0.149. The summed E-state index contributed by atoms with van der Waals surface area (Å²) in [6.45, 7) is 0.277. The zero-order valence-corrected chi connectivity index (χ0v) is 12.6. The smallest absolute Gasteiger partial charge is 0.335 e. The Morgan fingerprint density at radius 2 is 1.61 bits per heavy atom. The predicted molar refractivity (Wildman–Crippen MR) is 80.7 cm³/mol. The maximum absolute atomic E-state index is 12.4. The van der Waals surface area contributed by atoms with Crippen LogP contribution in [0.3, 0.4) is 0 Å². The van der Waals surface area contributed by atoms with Crippen LogP contribution in [0, 0.1) is 23.7 Å². The van der Waals surface area contributed by atoms with Gasteiger partial charge in [-0.15, -0.1) is 0 Å². The van der Waals surface area contributed by atoms with Gasteiger partial charge < -0.3 is 15.5 Å². The predicted octanol–water partition coefficient (Wildman–Crippen LogP) is 1.75. The van der Waals surface area contributed by atoms with E-state index in [4.69, 9.17) is 5.11 Å². The highest BCUT2D eigenvalue weighted by Crippen LogP contribution is 2.52. The molecular weight excluding hydrogens is 298 g/mol. The number of rotatable bonds is 5. The van der Waals surface area contributed by atoms with Gasteiger partial charge in [-0.3, -0.25) is 9.59 Å². The molecule has 1 aromatic rings. The van der Waals surface area contributed by atoms with E-state index >= 15 is 0 Å². The molecule has 2 bridgehead atoms. The van der Waals surface area contributed by atoms with Crippen molar-refractivity contribution in [1.82, 2.24) is 5.32 Å². The number of carboxylic acid groups (broad SMARTS) is 2. The van der Waals surface area contributed by atoms with Crippen LogP contribution >= 0.6 is 0 Å². The number of amides is 1. The third-order valence-electron chi connectivity index (χ3n) is 5.17. The Kier molecular flexibility index (Phi) is 4.07. The van der Waals surface area contributed by atoms with Crippen molar-refractivity contribution >= 4 is 17.8 Å². The summed E-state index contributed by atoms with van der Waals surface area (Å²) in [5.74, 6) is -2.77. The minimum Gasteiger partial charge on any atom is -0.481 e. The fraction of sp³-hybridized carbons (Fsp3) is 0.471. The first kappa shape index (κ1) is 15.5. The molecule has 4 atom stereocenters. The van der Waals surface area contributed by atoms with E-state index in [1.54, 1.807) is 12.1 Å². The van der Waals surface area contributed by atoms with Gasteiger partial charge >= 0.3 is 11.9 Å². The molecule has 0 radical (unpaired) electrons. The topological polar surface area (TPSA) is 104 Å². The molecule has 2 aliphatic carbocycles. The van der Waals surface area contributed by atoms with E-state index in [9.17, 15) is 19.5 Å². The first-order valence-electron chi connectivity index (χ1n) is 7.80. The molecule has 0 heterocycles. The highest BCUT2D eigenvalue weighted by Gasteiger charge is 2.53. The van der Waals surface area contributed by atoms with Crippen LogP contribution in [0.4, 0.5) is 0 Å². The quantitative estimate of drug-likeness (QED) is 0.767. The number of fused-ring (bicyclic) bond motifs is 2. The summed E-state index contributed by atoms with van der Waals surface area (Å²) in [6, 6.07) is 6.28. The normalized spacial score (nSPS) is 28.5. The number of hydrogen-bond donors (Lipinski definition) is 3. The minimum atomic E-state index is -0.994. The van der Waals surface area contributed by atoms with Gasteiger partial charge in [-0.05, 0) is 48.8 Å². The van der Waals surface area contributed by atoms with E-state index in [0.29, 0.717) is 0 Å². The Hall–Kier alpha value is -2.37. The zero-order valence-electron chi connectivity index (χ0n) is 12.6. The van der Waals surface area contributed by atoms with Crippen LogP contribution in [0.1, 0.15) is 35.2 Å². The Balaban J connectivity index is 1.63. The van der Waals surface area contributed by atoms with E-state index in [-0.39, 0.29) is 29.9 Å². The van der Waals surface area contributed by atoms with Crippen LogP contribution in [0.15, 0.2) is 24.3 Å². The summed E-state index contributed by atoms with van der Waals surface area (Å²) in [6.07, 6.45) is 2.67. The monoisotopic (exact) mass is 317 g/mol. The second-order valence-corrected chi connectivity index (χ2v) is 6.44. The highest BCUT2D eigenvalue weighted by molar-refractivity contribution is 5.88. The second-order valence-electron chi connectivity index (χ2n) is 6.44. The third-order valence-corrected chi connectivity index (χ3v) is 5.17. The maximum atomic E-state index is 12.4. The summed E-state index contributed by atoms with van der Waals surface area (Å²) < 4.78 is 0. The minimum absolute atomic E-state index is 0.128. The summed E-state index contributed by atoms with van der Waals surface area (Å²) in [5, 5.41) is 21.1. The molecule has 2 fully saturated rings. The number of aliphatic carboxylic acids is 1. The van der Waals surface area contributed by atoms with Gasteiger partial charge in [-0.25, -0.2) is 4.79 Å². The first-order chi connectivity index (χ1) is 11.0. The van der Waals surface area contributed by atoms with Gasteiger partial charge in [0.2, 0.25) is 5.91 Å². The average Bonchev–Trinajstić information content (AvgIpc) is 3.13.